The number of unbranched alkanes of at least 4 members (excludes halogenated alkanes) is 4. The molecule has 1 aromatic carbocycles. The third-order valence-corrected chi connectivity index (χ3v) is 3.07. The standard InChI is InChI=1S/C15H23/c1-4-5-6-7-8-12-15-13(2)10-9-11-14(15)3/h9-11H,1,4-8,12H2,2-3H3. The van der Waals surface area contributed by atoms with E-state index in [1.54, 1.807) is 5.56 Å². The highest BCUT2D eigenvalue weighted by Gasteiger charge is 2.01. The molecule has 83 valence electrons. The molecule has 0 heteroatoms. The van der Waals surface area contributed by atoms with Gasteiger partial charge in [0.05, 0.1) is 0 Å². The number of aryl methyl sites for hydroxylation is 2. The first kappa shape index (κ1) is 12.3. The van der Waals surface area contributed by atoms with Crippen LogP contribution in [0.15, 0.2) is 18.2 Å². The number of hydrogen-bond acceptors (Lipinski definition) is 0. The van der Waals surface area contributed by atoms with Gasteiger partial charge in [-0.25, -0.2) is 0 Å². The molecule has 0 N–H and O–H groups in total. The van der Waals surface area contributed by atoms with Gasteiger partial charge in [-0.1, -0.05) is 50.8 Å². The Hall–Kier alpha value is -0.780. The highest BCUT2D eigenvalue weighted by atomic mass is 14.1. The molecule has 0 atom stereocenters. The Morgan fingerprint density at radius 3 is 2.13 bits per heavy atom. The molecule has 0 aromatic heterocycles. The summed E-state index contributed by atoms with van der Waals surface area (Å²) in [6, 6.07) is 6.59. The maximum absolute atomic E-state index is 3.87. The molecule has 0 aliphatic rings. The average molecular weight is 203 g/mol. The van der Waals surface area contributed by atoms with Crippen molar-refractivity contribution < 1.29 is 0 Å². The summed E-state index contributed by atoms with van der Waals surface area (Å²) in [5.74, 6) is 0. The van der Waals surface area contributed by atoms with Crippen molar-refractivity contribution in [2.75, 3.05) is 0 Å². The zero-order valence-electron chi connectivity index (χ0n) is 10.2. The Labute approximate surface area is 94.7 Å². The Morgan fingerprint density at radius 2 is 1.53 bits per heavy atom. The average Bonchev–Trinajstić information content (AvgIpc) is 2.21. The van der Waals surface area contributed by atoms with Gasteiger partial charge in [0, 0.05) is 0 Å². The van der Waals surface area contributed by atoms with Gasteiger partial charge in [0.1, 0.15) is 0 Å². The van der Waals surface area contributed by atoms with Crippen molar-refractivity contribution in [2.24, 2.45) is 0 Å². The van der Waals surface area contributed by atoms with Crippen LogP contribution in [0.5, 0.6) is 0 Å². The van der Waals surface area contributed by atoms with E-state index in [-0.39, 0.29) is 0 Å². The molecule has 0 heterocycles. The molecule has 0 aliphatic heterocycles. The molecule has 1 aromatic rings. The van der Waals surface area contributed by atoms with Crippen molar-refractivity contribution in [1.29, 1.82) is 0 Å². The fourth-order valence-corrected chi connectivity index (χ4v) is 2.08. The number of hydrogen-bond donors (Lipinski definition) is 0. The van der Waals surface area contributed by atoms with Gasteiger partial charge in [-0.15, -0.1) is 0 Å². The monoisotopic (exact) mass is 203 g/mol. The molecule has 0 fully saturated rings. The summed E-state index contributed by atoms with van der Waals surface area (Å²) in [5.41, 5.74) is 4.46. The Morgan fingerprint density at radius 1 is 0.933 bits per heavy atom. The summed E-state index contributed by atoms with van der Waals surface area (Å²) in [6.07, 6.45) is 7.63. The molecule has 1 rings (SSSR count). The fraction of sp³-hybridized carbons (Fsp3) is 0.533. The molecular formula is C15H23. The molecule has 0 aliphatic carbocycles. The van der Waals surface area contributed by atoms with Crippen LogP contribution in [0.25, 0.3) is 0 Å². The highest BCUT2D eigenvalue weighted by Crippen LogP contribution is 2.16. The lowest BCUT2D eigenvalue weighted by Gasteiger charge is -2.09. The minimum absolute atomic E-state index is 1.09. The van der Waals surface area contributed by atoms with Gasteiger partial charge in [0.15, 0.2) is 0 Å². The zero-order chi connectivity index (χ0) is 11.1. The first-order valence-corrected chi connectivity index (χ1v) is 6.10. The zero-order valence-corrected chi connectivity index (χ0v) is 10.2. The molecule has 0 spiro atoms. The van der Waals surface area contributed by atoms with Crippen LogP contribution in [0, 0.1) is 20.8 Å². The lowest BCUT2D eigenvalue weighted by Crippen LogP contribution is -1.93. The van der Waals surface area contributed by atoms with Gasteiger partial charge in [-0.05, 0) is 43.4 Å². The van der Waals surface area contributed by atoms with Crippen molar-refractivity contribution in [3.05, 3.63) is 41.8 Å². The van der Waals surface area contributed by atoms with Crippen LogP contribution in [0.3, 0.4) is 0 Å². The summed E-state index contributed by atoms with van der Waals surface area (Å²) in [4.78, 5) is 0. The number of benzene rings is 1. The van der Waals surface area contributed by atoms with Gasteiger partial charge in [-0.3, -0.25) is 0 Å². The largest absolute Gasteiger partial charge is 0.0617 e. The lowest BCUT2D eigenvalue weighted by atomic mass is 9.97. The van der Waals surface area contributed by atoms with Crippen molar-refractivity contribution in [1.82, 2.24) is 0 Å². The van der Waals surface area contributed by atoms with E-state index >= 15 is 0 Å². The van der Waals surface area contributed by atoms with Crippen LogP contribution in [-0.2, 0) is 6.42 Å². The van der Waals surface area contributed by atoms with Crippen LogP contribution < -0.4 is 0 Å². The molecule has 0 nitrogen and oxygen atoms in total. The fourth-order valence-electron chi connectivity index (χ4n) is 2.08. The number of rotatable bonds is 6. The first-order valence-electron chi connectivity index (χ1n) is 6.10. The molecule has 15 heavy (non-hydrogen) atoms. The summed E-state index contributed by atoms with van der Waals surface area (Å²) < 4.78 is 0. The Kier molecular flexibility index (Phi) is 5.45. The molecular weight excluding hydrogens is 180 g/mol. The minimum Gasteiger partial charge on any atom is -0.0617 e. The molecule has 0 amide bonds. The maximum atomic E-state index is 3.87. The lowest BCUT2D eigenvalue weighted by molar-refractivity contribution is 0.643. The second-order valence-corrected chi connectivity index (χ2v) is 4.39. The van der Waals surface area contributed by atoms with Crippen molar-refractivity contribution in [3.63, 3.8) is 0 Å². The summed E-state index contributed by atoms with van der Waals surface area (Å²) in [7, 11) is 0. The predicted octanol–water partition coefficient (Wildman–Crippen LogP) is 4.63. The quantitative estimate of drug-likeness (QED) is 0.591. The van der Waals surface area contributed by atoms with Crippen LogP contribution in [0.2, 0.25) is 0 Å². The third kappa shape index (κ3) is 4.07. The summed E-state index contributed by atoms with van der Waals surface area (Å²) >= 11 is 0. The van der Waals surface area contributed by atoms with E-state index in [9.17, 15) is 0 Å². The van der Waals surface area contributed by atoms with Crippen molar-refractivity contribution in [3.8, 4) is 0 Å². The Bertz CT molecular complexity index is 266. The molecule has 0 saturated carbocycles. The van der Waals surface area contributed by atoms with E-state index in [4.69, 9.17) is 0 Å². The van der Waals surface area contributed by atoms with Gasteiger partial charge in [0.2, 0.25) is 0 Å². The first-order chi connectivity index (χ1) is 7.25. The molecule has 1 radical (unpaired) electrons. The highest BCUT2D eigenvalue weighted by molar-refractivity contribution is 5.33. The van der Waals surface area contributed by atoms with Gasteiger partial charge < -0.3 is 0 Å². The summed E-state index contributed by atoms with van der Waals surface area (Å²) in [6.45, 7) is 8.31. The van der Waals surface area contributed by atoms with E-state index in [0.717, 1.165) is 6.42 Å². The minimum atomic E-state index is 1.09. The second kappa shape index (κ2) is 6.66. The van der Waals surface area contributed by atoms with E-state index < -0.39 is 0 Å². The van der Waals surface area contributed by atoms with E-state index in [2.05, 4.69) is 39.0 Å². The van der Waals surface area contributed by atoms with E-state index in [0.29, 0.717) is 0 Å². The third-order valence-electron chi connectivity index (χ3n) is 3.07. The van der Waals surface area contributed by atoms with Gasteiger partial charge in [-0.2, -0.15) is 0 Å². The SMILES string of the molecule is [CH2]CCCCCCc1c(C)cccc1C. The summed E-state index contributed by atoms with van der Waals surface area (Å²) in [5, 5.41) is 0. The molecule has 0 bridgehead atoms. The van der Waals surface area contributed by atoms with Crippen molar-refractivity contribution in [2.45, 2.75) is 52.4 Å². The predicted molar refractivity (Wildman–Crippen MR) is 68.1 cm³/mol. The van der Waals surface area contributed by atoms with Gasteiger partial charge >= 0.3 is 0 Å². The molecule has 0 unspecified atom stereocenters. The van der Waals surface area contributed by atoms with Crippen LogP contribution in [0.4, 0.5) is 0 Å². The smallest absolute Gasteiger partial charge is 0.0274 e. The van der Waals surface area contributed by atoms with Crippen molar-refractivity contribution >= 4 is 0 Å². The van der Waals surface area contributed by atoms with Gasteiger partial charge in [0.25, 0.3) is 0 Å². The normalized spacial score (nSPS) is 10.6. The van der Waals surface area contributed by atoms with Crippen LogP contribution in [-0.4, -0.2) is 0 Å². The van der Waals surface area contributed by atoms with E-state index in [1.165, 1.54) is 43.2 Å². The van der Waals surface area contributed by atoms with Crippen LogP contribution >= 0.6 is 0 Å². The van der Waals surface area contributed by atoms with Crippen LogP contribution in [0.1, 0.15) is 48.8 Å². The maximum Gasteiger partial charge on any atom is -0.0274 e. The second-order valence-electron chi connectivity index (χ2n) is 4.39. The topological polar surface area (TPSA) is 0 Å². The van der Waals surface area contributed by atoms with E-state index in [1.807, 2.05) is 0 Å². The molecule has 0 saturated heterocycles. The Balaban J connectivity index is 2.37.